The predicted octanol–water partition coefficient (Wildman–Crippen LogP) is 4.07. The zero-order chi connectivity index (χ0) is 16.8. The van der Waals surface area contributed by atoms with Crippen LogP contribution in [0.2, 0.25) is 0 Å². The summed E-state index contributed by atoms with van der Waals surface area (Å²) in [4.78, 5) is 11.9. The van der Waals surface area contributed by atoms with E-state index >= 15 is 0 Å². The topological polar surface area (TPSA) is 50.4 Å². The second kappa shape index (κ2) is 7.86. The van der Waals surface area contributed by atoms with Crippen LogP contribution in [0.3, 0.4) is 0 Å². The molecule has 0 radical (unpaired) electrons. The highest BCUT2D eigenvalue weighted by atomic mass is 16.5. The number of hydrogen-bond acceptors (Lipinski definition) is 2. The average Bonchev–Trinajstić information content (AvgIpc) is 2.60. The molecule has 4 heteroatoms. The molecule has 2 aromatic carbocycles. The molecule has 4 nitrogen and oxygen atoms in total. The van der Waals surface area contributed by atoms with Gasteiger partial charge in [-0.05, 0) is 67.5 Å². The van der Waals surface area contributed by atoms with Gasteiger partial charge in [0.05, 0.1) is 6.54 Å². The summed E-state index contributed by atoms with van der Waals surface area (Å²) >= 11 is 0. The Hall–Kier alpha value is -2.49. The van der Waals surface area contributed by atoms with E-state index in [1.165, 1.54) is 30.4 Å². The van der Waals surface area contributed by atoms with Crippen molar-refractivity contribution in [2.45, 2.75) is 32.6 Å². The van der Waals surface area contributed by atoms with Gasteiger partial charge in [-0.3, -0.25) is 0 Å². The van der Waals surface area contributed by atoms with Gasteiger partial charge < -0.3 is 15.4 Å². The maximum absolute atomic E-state index is 11.9. The van der Waals surface area contributed by atoms with Gasteiger partial charge >= 0.3 is 6.03 Å². The molecule has 2 N–H and O–H groups in total. The molecule has 0 heterocycles. The van der Waals surface area contributed by atoms with Gasteiger partial charge in [-0.1, -0.05) is 24.3 Å². The fourth-order valence-electron chi connectivity index (χ4n) is 3.01. The molecule has 1 aliphatic rings. The number of amides is 2. The number of urea groups is 1. The summed E-state index contributed by atoms with van der Waals surface area (Å²) in [5.41, 5.74) is 4.72. The van der Waals surface area contributed by atoms with Crippen molar-refractivity contribution in [1.29, 1.82) is 0 Å². The van der Waals surface area contributed by atoms with Gasteiger partial charge in [0.1, 0.15) is 12.4 Å². The monoisotopic (exact) mass is 324 g/mol. The third-order valence-electron chi connectivity index (χ3n) is 4.37. The molecule has 0 saturated carbocycles. The van der Waals surface area contributed by atoms with Crippen LogP contribution in [0, 0.1) is 6.92 Å². The highest BCUT2D eigenvalue weighted by molar-refractivity contribution is 5.89. The minimum Gasteiger partial charge on any atom is -0.492 e. The Morgan fingerprint density at radius 1 is 1.08 bits per heavy atom. The van der Waals surface area contributed by atoms with Crippen molar-refractivity contribution in [2.75, 3.05) is 18.5 Å². The smallest absolute Gasteiger partial charge is 0.319 e. The summed E-state index contributed by atoms with van der Waals surface area (Å²) in [6.07, 6.45) is 4.87. The van der Waals surface area contributed by atoms with Crippen LogP contribution in [0.15, 0.2) is 42.5 Å². The highest BCUT2D eigenvalue weighted by Crippen LogP contribution is 2.25. The third kappa shape index (κ3) is 4.28. The maximum Gasteiger partial charge on any atom is 0.319 e. The molecule has 0 bridgehead atoms. The third-order valence-corrected chi connectivity index (χ3v) is 4.37. The average molecular weight is 324 g/mol. The Balaban J connectivity index is 1.42. The standard InChI is InChI=1S/C20H24N2O2/c1-15-6-2-5-9-19(15)22-20(23)21-12-13-24-18-11-10-16-7-3-4-8-17(16)14-18/h2,5-6,9-11,14H,3-4,7-8,12-13H2,1H3,(H2,21,22,23). The van der Waals surface area contributed by atoms with Gasteiger partial charge in [0.2, 0.25) is 0 Å². The van der Waals surface area contributed by atoms with E-state index in [2.05, 4.69) is 22.8 Å². The lowest BCUT2D eigenvalue weighted by Gasteiger charge is -2.17. The van der Waals surface area contributed by atoms with Crippen molar-refractivity contribution in [3.63, 3.8) is 0 Å². The van der Waals surface area contributed by atoms with Crippen LogP contribution in [0.25, 0.3) is 0 Å². The largest absolute Gasteiger partial charge is 0.492 e. The van der Waals surface area contributed by atoms with E-state index in [0.29, 0.717) is 13.2 Å². The van der Waals surface area contributed by atoms with Crippen LogP contribution in [-0.4, -0.2) is 19.2 Å². The molecule has 0 unspecified atom stereocenters. The lowest BCUT2D eigenvalue weighted by atomic mass is 9.92. The van der Waals surface area contributed by atoms with Crippen LogP contribution in [-0.2, 0) is 12.8 Å². The molecule has 3 rings (SSSR count). The van der Waals surface area contributed by atoms with E-state index in [0.717, 1.165) is 23.4 Å². The second-order valence-corrected chi connectivity index (χ2v) is 6.18. The van der Waals surface area contributed by atoms with Crippen molar-refractivity contribution in [3.8, 4) is 5.75 Å². The molecule has 0 aromatic heterocycles. The van der Waals surface area contributed by atoms with E-state index in [1.807, 2.05) is 37.3 Å². The van der Waals surface area contributed by atoms with Gasteiger partial charge in [-0.2, -0.15) is 0 Å². The van der Waals surface area contributed by atoms with E-state index in [1.54, 1.807) is 0 Å². The molecule has 1 aliphatic carbocycles. The molecular formula is C20H24N2O2. The molecule has 0 spiro atoms. The fourth-order valence-corrected chi connectivity index (χ4v) is 3.01. The first kappa shape index (κ1) is 16.4. The number of para-hydroxylation sites is 1. The summed E-state index contributed by atoms with van der Waals surface area (Å²) in [6, 6.07) is 13.8. The number of aryl methyl sites for hydroxylation is 3. The summed E-state index contributed by atoms with van der Waals surface area (Å²) < 4.78 is 5.75. The number of hydrogen-bond donors (Lipinski definition) is 2. The van der Waals surface area contributed by atoms with Crippen LogP contribution >= 0.6 is 0 Å². The first-order valence-electron chi connectivity index (χ1n) is 8.57. The Morgan fingerprint density at radius 2 is 1.88 bits per heavy atom. The summed E-state index contributed by atoms with van der Waals surface area (Å²) in [5.74, 6) is 0.886. The number of benzene rings is 2. The second-order valence-electron chi connectivity index (χ2n) is 6.18. The van der Waals surface area contributed by atoms with Crippen LogP contribution < -0.4 is 15.4 Å². The van der Waals surface area contributed by atoms with Gasteiger partial charge in [0, 0.05) is 5.69 Å². The molecule has 0 fully saturated rings. The van der Waals surface area contributed by atoms with Gasteiger partial charge in [0.25, 0.3) is 0 Å². The normalized spacial score (nSPS) is 13.0. The van der Waals surface area contributed by atoms with Gasteiger partial charge in [0.15, 0.2) is 0 Å². The molecule has 2 amide bonds. The van der Waals surface area contributed by atoms with E-state index in [9.17, 15) is 4.79 Å². The summed E-state index contributed by atoms with van der Waals surface area (Å²) in [5, 5.41) is 5.66. The first-order chi connectivity index (χ1) is 11.7. The van der Waals surface area contributed by atoms with Crippen molar-refractivity contribution < 1.29 is 9.53 Å². The maximum atomic E-state index is 11.9. The molecular weight excluding hydrogens is 300 g/mol. The zero-order valence-electron chi connectivity index (χ0n) is 14.1. The minimum absolute atomic E-state index is 0.210. The van der Waals surface area contributed by atoms with Gasteiger partial charge in [-0.25, -0.2) is 4.79 Å². The highest BCUT2D eigenvalue weighted by Gasteiger charge is 2.10. The Labute approximate surface area is 143 Å². The number of ether oxygens (including phenoxy) is 1. The van der Waals surface area contributed by atoms with Crippen LogP contribution in [0.1, 0.15) is 29.5 Å². The lowest BCUT2D eigenvalue weighted by Crippen LogP contribution is -2.32. The molecule has 126 valence electrons. The van der Waals surface area contributed by atoms with Crippen LogP contribution in [0.5, 0.6) is 5.75 Å². The molecule has 24 heavy (non-hydrogen) atoms. The summed E-state index contributed by atoms with van der Waals surface area (Å²) in [6.45, 7) is 2.89. The van der Waals surface area contributed by atoms with Crippen LogP contribution in [0.4, 0.5) is 10.5 Å². The van der Waals surface area contributed by atoms with E-state index in [-0.39, 0.29) is 6.03 Å². The molecule has 0 aliphatic heterocycles. The van der Waals surface area contributed by atoms with Crippen molar-refractivity contribution in [3.05, 3.63) is 59.2 Å². The van der Waals surface area contributed by atoms with Crippen molar-refractivity contribution >= 4 is 11.7 Å². The Morgan fingerprint density at radius 3 is 2.71 bits per heavy atom. The van der Waals surface area contributed by atoms with E-state index in [4.69, 9.17) is 4.74 Å². The van der Waals surface area contributed by atoms with Crippen molar-refractivity contribution in [2.24, 2.45) is 0 Å². The number of rotatable bonds is 5. The van der Waals surface area contributed by atoms with E-state index < -0.39 is 0 Å². The molecule has 0 atom stereocenters. The number of anilines is 1. The Bertz CT molecular complexity index is 713. The first-order valence-corrected chi connectivity index (χ1v) is 8.57. The summed E-state index contributed by atoms with van der Waals surface area (Å²) in [7, 11) is 0. The van der Waals surface area contributed by atoms with Gasteiger partial charge in [-0.15, -0.1) is 0 Å². The lowest BCUT2D eigenvalue weighted by molar-refractivity contribution is 0.247. The number of carbonyl (C=O) groups is 1. The zero-order valence-corrected chi connectivity index (χ0v) is 14.1. The number of nitrogens with one attached hydrogen (secondary N) is 2. The SMILES string of the molecule is Cc1ccccc1NC(=O)NCCOc1ccc2c(c1)CCCC2. The fraction of sp³-hybridized carbons (Fsp3) is 0.350. The number of fused-ring (bicyclic) bond motifs is 1. The molecule has 0 saturated heterocycles. The predicted molar refractivity (Wildman–Crippen MR) is 96.8 cm³/mol. The number of carbonyl (C=O) groups excluding carboxylic acids is 1. The Kier molecular flexibility index (Phi) is 5.36. The minimum atomic E-state index is -0.210. The molecule has 2 aromatic rings. The quantitative estimate of drug-likeness (QED) is 0.814. The van der Waals surface area contributed by atoms with Crippen molar-refractivity contribution in [1.82, 2.24) is 5.32 Å².